The quantitative estimate of drug-likeness (QED) is 0.173. The molecule has 1 unspecified atom stereocenters. The number of rotatable bonds is 10. The molecule has 4 rings (SSSR count). The molecule has 0 saturated heterocycles. The standard InChI is InChI=1S/C30H24ClF5N2O4S/c1-17(38(29-16-22(34)7-12-27(29)36)43(41,42)23-8-3-19(31)4-9-23)24-10-5-20(32)14-18(24)2-13-28(37-30(39)40)25-15-21(33)6-11-26(25)35/h3-12,14-17,28,37H,2,13H2,1H3,(H,39,40)/t17-,28?/m1/s1. The van der Waals surface area contributed by atoms with E-state index in [1.54, 1.807) is 0 Å². The van der Waals surface area contributed by atoms with Crippen molar-refractivity contribution in [3.63, 3.8) is 0 Å². The zero-order chi connectivity index (χ0) is 31.5. The monoisotopic (exact) mass is 638 g/mol. The average molecular weight is 639 g/mol. The van der Waals surface area contributed by atoms with Crippen LogP contribution < -0.4 is 9.62 Å². The summed E-state index contributed by atoms with van der Waals surface area (Å²) in [5.41, 5.74) is -0.585. The molecule has 1 amide bonds. The van der Waals surface area contributed by atoms with Crippen LogP contribution in [0.1, 0.15) is 42.1 Å². The van der Waals surface area contributed by atoms with Gasteiger partial charge in [-0.25, -0.2) is 35.2 Å². The molecule has 0 saturated carbocycles. The number of amides is 1. The zero-order valence-electron chi connectivity index (χ0n) is 22.4. The molecule has 2 atom stereocenters. The van der Waals surface area contributed by atoms with E-state index in [0.29, 0.717) is 10.4 Å². The molecule has 226 valence electrons. The van der Waals surface area contributed by atoms with Crippen molar-refractivity contribution in [1.29, 1.82) is 0 Å². The van der Waals surface area contributed by atoms with Gasteiger partial charge < -0.3 is 10.4 Å². The van der Waals surface area contributed by atoms with Crippen molar-refractivity contribution in [1.82, 2.24) is 5.32 Å². The third-order valence-corrected chi connectivity index (χ3v) is 8.91. The van der Waals surface area contributed by atoms with Crippen molar-refractivity contribution in [2.45, 2.75) is 36.7 Å². The molecule has 2 N–H and O–H groups in total. The van der Waals surface area contributed by atoms with Crippen molar-refractivity contribution in [3.8, 4) is 0 Å². The lowest BCUT2D eigenvalue weighted by molar-refractivity contribution is 0.189. The molecule has 0 aliphatic rings. The van der Waals surface area contributed by atoms with Crippen molar-refractivity contribution in [2.75, 3.05) is 4.31 Å². The van der Waals surface area contributed by atoms with Gasteiger partial charge in [-0.15, -0.1) is 0 Å². The first-order valence-corrected chi connectivity index (χ1v) is 14.6. The van der Waals surface area contributed by atoms with Gasteiger partial charge in [-0.05, 0) is 97.6 Å². The van der Waals surface area contributed by atoms with Crippen LogP contribution in [0.15, 0.2) is 83.8 Å². The minimum absolute atomic E-state index is 0.154. The van der Waals surface area contributed by atoms with Gasteiger partial charge in [0.05, 0.1) is 22.7 Å². The number of halogens is 6. The molecule has 4 aromatic rings. The fraction of sp³-hybridized carbons (Fsp3) is 0.167. The lowest BCUT2D eigenvalue weighted by atomic mass is 9.93. The maximum atomic E-state index is 15.1. The Labute approximate surface area is 249 Å². The van der Waals surface area contributed by atoms with Crippen LogP contribution in [0.5, 0.6) is 0 Å². The van der Waals surface area contributed by atoms with E-state index < -0.39 is 63.0 Å². The number of carbonyl (C=O) groups is 1. The second-order valence-electron chi connectivity index (χ2n) is 9.58. The smallest absolute Gasteiger partial charge is 0.405 e. The summed E-state index contributed by atoms with van der Waals surface area (Å²) < 4.78 is 101. The minimum Gasteiger partial charge on any atom is -0.465 e. The summed E-state index contributed by atoms with van der Waals surface area (Å²) in [7, 11) is -4.59. The Bertz CT molecular complexity index is 1760. The van der Waals surface area contributed by atoms with Crippen molar-refractivity contribution in [2.24, 2.45) is 0 Å². The Morgan fingerprint density at radius 1 is 0.837 bits per heavy atom. The first kappa shape index (κ1) is 31.8. The summed E-state index contributed by atoms with van der Waals surface area (Å²) in [5, 5.41) is 11.7. The third-order valence-electron chi connectivity index (χ3n) is 6.76. The third kappa shape index (κ3) is 7.26. The van der Waals surface area contributed by atoms with Gasteiger partial charge in [0, 0.05) is 16.7 Å². The fourth-order valence-electron chi connectivity index (χ4n) is 4.78. The Morgan fingerprint density at radius 3 is 2.07 bits per heavy atom. The largest absolute Gasteiger partial charge is 0.465 e. The Balaban J connectivity index is 1.80. The minimum atomic E-state index is -4.59. The zero-order valence-corrected chi connectivity index (χ0v) is 23.9. The number of hydrogen-bond donors (Lipinski definition) is 2. The Hall–Kier alpha value is -4.16. The second kappa shape index (κ2) is 13.0. The van der Waals surface area contributed by atoms with Gasteiger partial charge in [-0.2, -0.15) is 0 Å². The number of aryl methyl sites for hydroxylation is 1. The van der Waals surface area contributed by atoms with E-state index in [1.165, 1.54) is 37.3 Å². The first-order chi connectivity index (χ1) is 20.3. The van der Waals surface area contributed by atoms with E-state index in [9.17, 15) is 35.9 Å². The maximum absolute atomic E-state index is 15.1. The SMILES string of the molecule is C[C@H](c1ccc(F)cc1CCC(NC(=O)O)c1cc(F)ccc1F)N(c1cc(F)ccc1F)S(=O)(=O)c1ccc(Cl)cc1. The van der Waals surface area contributed by atoms with Gasteiger partial charge in [-0.1, -0.05) is 17.7 Å². The Kier molecular flexibility index (Phi) is 9.61. The van der Waals surface area contributed by atoms with Crippen LogP contribution in [0, 0.1) is 29.1 Å². The van der Waals surface area contributed by atoms with E-state index >= 15 is 4.39 Å². The van der Waals surface area contributed by atoms with E-state index in [4.69, 9.17) is 11.6 Å². The van der Waals surface area contributed by atoms with Gasteiger partial charge >= 0.3 is 6.09 Å². The number of hydrogen-bond acceptors (Lipinski definition) is 3. The topological polar surface area (TPSA) is 86.7 Å². The second-order valence-corrected chi connectivity index (χ2v) is 11.8. The predicted octanol–water partition coefficient (Wildman–Crippen LogP) is 7.93. The van der Waals surface area contributed by atoms with E-state index in [0.717, 1.165) is 42.5 Å². The number of anilines is 1. The lowest BCUT2D eigenvalue weighted by Crippen LogP contribution is -2.35. The molecule has 0 spiro atoms. The lowest BCUT2D eigenvalue weighted by Gasteiger charge is -2.32. The van der Waals surface area contributed by atoms with E-state index in [2.05, 4.69) is 5.32 Å². The fourth-order valence-corrected chi connectivity index (χ4v) is 6.54. The van der Waals surface area contributed by atoms with Gasteiger partial charge in [0.25, 0.3) is 10.0 Å². The van der Waals surface area contributed by atoms with Crippen LogP contribution >= 0.6 is 11.6 Å². The molecular weight excluding hydrogens is 615 g/mol. The van der Waals surface area contributed by atoms with Gasteiger partial charge in [0.1, 0.15) is 29.1 Å². The predicted molar refractivity (Wildman–Crippen MR) is 151 cm³/mol. The number of carboxylic acid groups (broad SMARTS) is 1. The molecule has 0 fully saturated rings. The Morgan fingerprint density at radius 2 is 1.42 bits per heavy atom. The summed E-state index contributed by atoms with van der Waals surface area (Å²) in [6.45, 7) is 1.38. The van der Waals surface area contributed by atoms with Crippen molar-refractivity contribution < 1.29 is 40.3 Å². The molecule has 0 aliphatic carbocycles. The molecule has 0 aromatic heterocycles. The first-order valence-electron chi connectivity index (χ1n) is 12.8. The molecule has 43 heavy (non-hydrogen) atoms. The molecule has 4 aromatic carbocycles. The van der Waals surface area contributed by atoms with Crippen LogP contribution in [-0.2, 0) is 16.4 Å². The summed E-state index contributed by atoms with van der Waals surface area (Å²) in [5.74, 6) is -4.39. The number of nitrogens with one attached hydrogen (secondary N) is 1. The highest BCUT2D eigenvalue weighted by molar-refractivity contribution is 7.92. The molecular formula is C30H24ClF5N2O4S. The summed E-state index contributed by atoms with van der Waals surface area (Å²) in [6.07, 6.45) is -1.88. The molecule has 0 radical (unpaired) electrons. The molecule has 0 heterocycles. The molecule has 13 heteroatoms. The summed E-state index contributed by atoms with van der Waals surface area (Å²) >= 11 is 5.91. The summed E-state index contributed by atoms with van der Waals surface area (Å²) in [4.78, 5) is 11.2. The van der Waals surface area contributed by atoms with Crippen molar-refractivity contribution in [3.05, 3.63) is 130 Å². The van der Waals surface area contributed by atoms with Crippen LogP contribution in [0.4, 0.5) is 32.4 Å². The number of nitrogens with zero attached hydrogens (tertiary/aromatic N) is 1. The van der Waals surface area contributed by atoms with Gasteiger partial charge in [0.15, 0.2) is 0 Å². The number of benzene rings is 4. The highest BCUT2D eigenvalue weighted by Crippen LogP contribution is 2.37. The number of sulfonamides is 1. The molecule has 0 bridgehead atoms. The highest BCUT2D eigenvalue weighted by Gasteiger charge is 2.34. The van der Waals surface area contributed by atoms with E-state index in [-0.39, 0.29) is 39.5 Å². The van der Waals surface area contributed by atoms with E-state index in [1.807, 2.05) is 0 Å². The van der Waals surface area contributed by atoms with Crippen LogP contribution in [0.25, 0.3) is 0 Å². The summed E-state index contributed by atoms with van der Waals surface area (Å²) in [6, 6.07) is 10.7. The molecule has 0 aliphatic heterocycles. The van der Waals surface area contributed by atoms with Crippen molar-refractivity contribution >= 4 is 33.4 Å². The normalized spacial score (nSPS) is 12.9. The molecule has 6 nitrogen and oxygen atoms in total. The van der Waals surface area contributed by atoms with Crippen LogP contribution in [0.3, 0.4) is 0 Å². The average Bonchev–Trinajstić information content (AvgIpc) is 2.94. The van der Waals surface area contributed by atoms with Gasteiger partial charge in [-0.3, -0.25) is 4.31 Å². The van der Waals surface area contributed by atoms with Crippen LogP contribution in [-0.4, -0.2) is 19.6 Å². The van der Waals surface area contributed by atoms with Gasteiger partial charge in [0.2, 0.25) is 0 Å². The maximum Gasteiger partial charge on any atom is 0.405 e. The van der Waals surface area contributed by atoms with Crippen LogP contribution in [0.2, 0.25) is 5.02 Å². The highest BCUT2D eigenvalue weighted by atomic mass is 35.5.